The molecule has 68 valence electrons. The predicted molar refractivity (Wildman–Crippen MR) is 43.0 cm³/mol. The molecule has 0 unspecified atom stereocenters. The number of carboxylic acids is 1. The van der Waals surface area contributed by atoms with Crippen molar-refractivity contribution in [2.75, 3.05) is 5.32 Å². The van der Waals surface area contributed by atoms with Crippen LogP contribution in [0.15, 0.2) is 18.2 Å². The predicted octanol–water partition coefficient (Wildman–Crippen LogP) is 1.09. The first kappa shape index (κ1) is 9.18. The van der Waals surface area contributed by atoms with Crippen LogP contribution in [0, 0.1) is 5.82 Å². The summed E-state index contributed by atoms with van der Waals surface area (Å²) in [5.74, 6) is -2.20. The molecule has 1 rings (SSSR count). The van der Waals surface area contributed by atoms with Gasteiger partial charge >= 0.3 is 5.97 Å². The summed E-state index contributed by atoms with van der Waals surface area (Å²) in [6.07, 6.45) is 0.388. The number of hydrogen-bond acceptors (Lipinski definition) is 2. The zero-order valence-electron chi connectivity index (χ0n) is 6.45. The number of rotatable bonds is 3. The topological polar surface area (TPSA) is 66.4 Å². The molecule has 4 nitrogen and oxygen atoms in total. The number of amides is 1. The zero-order valence-corrected chi connectivity index (χ0v) is 6.45. The number of halogens is 1. The van der Waals surface area contributed by atoms with E-state index in [4.69, 9.17) is 5.11 Å². The minimum atomic E-state index is -1.37. The fraction of sp³-hybridized carbons (Fsp3) is 0. The molecule has 13 heavy (non-hydrogen) atoms. The maximum Gasteiger partial charge on any atom is 0.338 e. The highest BCUT2D eigenvalue weighted by molar-refractivity contribution is 5.90. The number of hydrogen-bond donors (Lipinski definition) is 2. The van der Waals surface area contributed by atoms with Crippen LogP contribution in [-0.2, 0) is 4.79 Å². The van der Waals surface area contributed by atoms with Gasteiger partial charge in [-0.05, 0) is 18.2 Å². The maximum atomic E-state index is 12.8. The van der Waals surface area contributed by atoms with E-state index < -0.39 is 17.3 Å². The largest absolute Gasteiger partial charge is 0.478 e. The molecule has 1 aromatic rings. The lowest BCUT2D eigenvalue weighted by Crippen LogP contribution is -2.02. The molecule has 0 aromatic heterocycles. The van der Waals surface area contributed by atoms with Crippen molar-refractivity contribution in [1.82, 2.24) is 0 Å². The second kappa shape index (κ2) is 3.66. The Hall–Kier alpha value is -1.91. The Balaban J connectivity index is 3.10. The highest BCUT2D eigenvalue weighted by Crippen LogP contribution is 2.13. The standard InChI is InChI=1S/C8H6FNO3/c9-7-2-1-5(10-4-11)3-6(7)8(12)13/h1-4H,(H,10,11)(H,12,13). The lowest BCUT2D eigenvalue weighted by molar-refractivity contribution is -0.105. The van der Waals surface area contributed by atoms with Crippen LogP contribution in [0.2, 0.25) is 0 Å². The van der Waals surface area contributed by atoms with E-state index in [-0.39, 0.29) is 5.69 Å². The zero-order chi connectivity index (χ0) is 9.84. The molecule has 1 aromatic carbocycles. The van der Waals surface area contributed by atoms with Crippen LogP contribution in [0.1, 0.15) is 10.4 Å². The van der Waals surface area contributed by atoms with Crippen LogP contribution < -0.4 is 5.32 Å². The van der Waals surface area contributed by atoms with Crippen LogP contribution in [0.5, 0.6) is 0 Å². The van der Waals surface area contributed by atoms with E-state index in [1.165, 1.54) is 6.07 Å². The highest BCUT2D eigenvalue weighted by atomic mass is 19.1. The number of anilines is 1. The molecular weight excluding hydrogens is 177 g/mol. The van der Waals surface area contributed by atoms with Crippen molar-refractivity contribution >= 4 is 18.1 Å². The van der Waals surface area contributed by atoms with Gasteiger partial charge in [-0.3, -0.25) is 4.79 Å². The molecule has 0 aliphatic heterocycles. The van der Waals surface area contributed by atoms with E-state index in [9.17, 15) is 14.0 Å². The quantitative estimate of drug-likeness (QED) is 0.689. The van der Waals surface area contributed by atoms with E-state index in [2.05, 4.69) is 5.32 Å². The maximum absolute atomic E-state index is 12.8. The van der Waals surface area contributed by atoms with Crippen LogP contribution in [0.25, 0.3) is 0 Å². The van der Waals surface area contributed by atoms with Crippen molar-refractivity contribution in [2.24, 2.45) is 0 Å². The van der Waals surface area contributed by atoms with Gasteiger partial charge in [0.25, 0.3) is 0 Å². The van der Waals surface area contributed by atoms with Gasteiger partial charge in [-0.25, -0.2) is 9.18 Å². The fourth-order valence-electron chi connectivity index (χ4n) is 0.847. The molecule has 0 saturated heterocycles. The number of carbonyl (C=O) groups excluding carboxylic acids is 1. The summed E-state index contributed by atoms with van der Waals surface area (Å²) in [7, 11) is 0. The summed E-state index contributed by atoms with van der Waals surface area (Å²) < 4.78 is 12.8. The number of benzene rings is 1. The molecule has 0 heterocycles. The van der Waals surface area contributed by atoms with Crippen LogP contribution in [0.4, 0.5) is 10.1 Å². The van der Waals surface area contributed by atoms with Crippen LogP contribution in [-0.4, -0.2) is 17.5 Å². The summed E-state index contributed by atoms with van der Waals surface area (Å²) in [5, 5.41) is 10.7. The van der Waals surface area contributed by atoms with Crippen molar-refractivity contribution in [3.05, 3.63) is 29.6 Å². The Morgan fingerprint density at radius 3 is 2.77 bits per heavy atom. The van der Waals surface area contributed by atoms with Crippen molar-refractivity contribution in [2.45, 2.75) is 0 Å². The van der Waals surface area contributed by atoms with E-state index in [1.807, 2.05) is 0 Å². The van der Waals surface area contributed by atoms with E-state index in [0.29, 0.717) is 6.41 Å². The second-order valence-corrected chi connectivity index (χ2v) is 2.26. The Bertz CT molecular complexity index is 351. The molecule has 0 saturated carbocycles. The van der Waals surface area contributed by atoms with Crippen molar-refractivity contribution < 1.29 is 19.1 Å². The normalized spacial score (nSPS) is 9.31. The first-order chi connectivity index (χ1) is 6.15. The molecule has 2 N–H and O–H groups in total. The number of carboxylic acid groups (broad SMARTS) is 1. The third-order valence-electron chi connectivity index (χ3n) is 1.42. The van der Waals surface area contributed by atoms with Crippen molar-refractivity contribution in [3.8, 4) is 0 Å². The second-order valence-electron chi connectivity index (χ2n) is 2.26. The van der Waals surface area contributed by atoms with Gasteiger partial charge in [-0.15, -0.1) is 0 Å². The van der Waals surface area contributed by atoms with Crippen molar-refractivity contribution in [1.29, 1.82) is 0 Å². The Morgan fingerprint density at radius 1 is 1.54 bits per heavy atom. The first-order valence-corrected chi connectivity index (χ1v) is 3.38. The monoisotopic (exact) mass is 183 g/mol. The number of carbonyl (C=O) groups is 2. The molecule has 0 spiro atoms. The average molecular weight is 183 g/mol. The molecule has 0 aliphatic rings. The van der Waals surface area contributed by atoms with Crippen molar-refractivity contribution in [3.63, 3.8) is 0 Å². The Kier molecular flexibility index (Phi) is 2.59. The van der Waals surface area contributed by atoms with Gasteiger partial charge < -0.3 is 10.4 Å². The summed E-state index contributed by atoms with van der Waals surface area (Å²) >= 11 is 0. The number of aromatic carboxylic acids is 1. The molecule has 0 radical (unpaired) electrons. The van der Waals surface area contributed by atoms with Gasteiger partial charge in [0, 0.05) is 5.69 Å². The Morgan fingerprint density at radius 2 is 2.23 bits per heavy atom. The van der Waals surface area contributed by atoms with E-state index in [1.54, 1.807) is 0 Å². The third kappa shape index (κ3) is 2.02. The molecule has 5 heteroatoms. The van der Waals surface area contributed by atoms with Gasteiger partial charge in [0.15, 0.2) is 0 Å². The third-order valence-corrected chi connectivity index (χ3v) is 1.42. The summed E-state index contributed by atoms with van der Waals surface area (Å²) in [5.41, 5.74) is -0.222. The summed E-state index contributed by atoms with van der Waals surface area (Å²) in [6, 6.07) is 3.30. The lowest BCUT2D eigenvalue weighted by Gasteiger charge is -2.00. The average Bonchev–Trinajstić information content (AvgIpc) is 2.08. The van der Waals surface area contributed by atoms with Gasteiger partial charge in [0.2, 0.25) is 6.41 Å². The first-order valence-electron chi connectivity index (χ1n) is 3.38. The van der Waals surface area contributed by atoms with Crippen LogP contribution in [0.3, 0.4) is 0 Å². The lowest BCUT2D eigenvalue weighted by atomic mass is 10.2. The minimum Gasteiger partial charge on any atom is -0.478 e. The fourth-order valence-corrected chi connectivity index (χ4v) is 0.847. The minimum absolute atomic E-state index is 0.244. The molecular formula is C8H6FNO3. The molecule has 0 aliphatic carbocycles. The van der Waals surface area contributed by atoms with Gasteiger partial charge in [-0.1, -0.05) is 0 Å². The highest BCUT2D eigenvalue weighted by Gasteiger charge is 2.09. The van der Waals surface area contributed by atoms with Gasteiger partial charge in [0.05, 0.1) is 5.56 Å². The van der Waals surface area contributed by atoms with Gasteiger partial charge in [-0.2, -0.15) is 0 Å². The summed E-state index contributed by atoms with van der Waals surface area (Å²) in [4.78, 5) is 20.4. The SMILES string of the molecule is O=CNc1ccc(F)c(C(=O)O)c1. The van der Waals surface area contributed by atoms with E-state index >= 15 is 0 Å². The smallest absolute Gasteiger partial charge is 0.338 e. The molecule has 0 atom stereocenters. The molecule has 0 bridgehead atoms. The van der Waals surface area contributed by atoms with Gasteiger partial charge in [0.1, 0.15) is 5.82 Å². The molecule has 0 fully saturated rings. The molecule has 1 amide bonds. The summed E-state index contributed by atoms with van der Waals surface area (Å²) in [6.45, 7) is 0. The van der Waals surface area contributed by atoms with Crippen LogP contribution >= 0.6 is 0 Å². The number of nitrogens with one attached hydrogen (secondary N) is 1. The Labute approximate surface area is 73.0 Å². The van der Waals surface area contributed by atoms with E-state index in [0.717, 1.165) is 12.1 Å².